The summed E-state index contributed by atoms with van der Waals surface area (Å²) >= 11 is 2.31. The Morgan fingerprint density at radius 2 is 1.20 bits per heavy atom. The third kappa shape index (κ3) is 25.3. The van der Waals surface area contributed by atoms with Gasteiger partial charge in [0.25, 0.3) is 0 Å². The molecule has 0 bridgehead atoms. The van der Waals surface area contributed by atoms with Crippen LogP contribution in [0.15, 0.2) is 0 Å². The van der Waals surface area contributed by atoms with Gasteiger partial charge in [-0.3, -0.25) is 0 Å². The zero-order valence-corrected chi connectivity index (χ0v) is 6.23. The van der Waals surface area contributed by atoms with Crippen LogP contribution in [0.3, 0.4) is 0 Å². The fourth-order valence-electron chi connectivity index (χ4n) is 0. The Kier molecular flexibility index (Phi) is 232. The second-order valence-corrected chi connectivity index (χ2v) is 0. The number of rotatable bonds is 0. The molecule has 0 saturated carbocycles. The molecule has 5 heavy (non-hydrogen) atoms. The maximum absolute atomic E-state index is 7.94. The molecule has 0 aromatic heterocycles. The molecule has 0 unspecified atom stereocenters. The van der Waals surface area contributed by atoms with Crippen molar-refractivity contribution in [2.24, 2.45) is 0 Å². The standard InChI is InChI=1S/Co.Cr.Fe.Ni.O. The summed E-state index contributed by atoms with van der Waals surface area (Å²) in [6.07, 6.45) is 0. The Morgan fingerprint density at radius 3 is 1.20 bits per heavy atom. The first-order chi connectivity index (χ1) is 1.00. The van der Waals surface area contributed by atoms with Crippen molar-refractivity contribution in [3.8, 4) is 0 Å². The van der Waals surface area contributed by atoms with E-state index in [9.17, 15) is 0 Å². The van der Waals surface area contributed by atoms with Crippen molar-refractivity contribution in [1.29, 1.82) is 0 Å². The Bertz CT molecular complexity index is 11.6. The fourth-order valence-corrected chi connectivity index (χ4v) is 0. The summed E-state index contributed by atoms with van der Waals surface area (Å²) in [6, 6.07) is 0. The molecule has 5 heteroatoms. The zero-order chi connectivity index (χ0) is 2.00. The minimum absolute atomic E-state index is 0. The van der Waals surface area contributed by atoms with Crippen LogP contribution in [0.2, 0.25) is 0 Å². The number of hydrogen-bond acceptors (Lipinski definition) is 1. The van der Waals surface area contributed by atoms with Gasteiger partial charge in [-0.1, -0.05) is 0 Å². The van der Waals surface area contributed by atoms with Gasteiger partial charge in [-0.25, -0.2) is 0 Å². The molecule has 0 spiro atoms. The third-order valence-corrected chi connectivity index (χ3v) is 0. The van der Waals surface area contributed by atoms with E-state index in [1.807, 2.05) is 0 Å². The molecule has 0 heterocycles. The van der Waals surface area contributed by atoms with Crippen LogP contribution in [0.1, 0.15) is 0 Å². The molecule has 39 valence electrons. The van der Waals surface area contributed by atoms with E-state index in [4.69, 9.17) is 3.87 Å². The van der Waals surface area contributed by atoms with Crippen LogP contribution < -0.4 is 0 Å². The molecule has 0 aromatic carbocycles. The molecule has 0 aromatic rings. The molecule has 1 nitrogen and oxygen atoms in total. The van der Waals surface area contributed by atoms with Crippen molar-refractivity contribution >= 4 is 0 Å². The third-order valence-electron chi connectivity index (χ3n) is 0. The molecule has 0 fully saturated rings. The number of hydrogen-bond donors (Lipinski definition) is 0. The molecule has 0 aliphatic heterocycles. The first kappa shape index (κ1) is 28.8. The maximum atomic E-state index is 7.94. The molecule has 0 rings (SSSR count). The van der Waals surface area contributed by atoms with E-state index in [2.05, 4.69) is 15.7 Å². The van der Waals surface area contributed by atoms with Gasteiger partial charge in [0.05, 0.1) is 0 Å². The Labute approximate surface area is 70.0 Å². The van der Waals surface area contributed by atoms with Crippen molar-refractivity contribution in [3.63, 3.8) is 0 Å². The van der Waals surface area contributed by atoms with Crippen molar-refractivity contribution in [1.82, 2.24) is 0 Å². The Hall–Kier alpha value is 1.85. The molecule has 0 radical (unpaired) electrons. The van der Waals surface area contributed by atoms with Crippen molar-refractivity contribution in [3.05, 3.63) is 0 Å². The predicted molar refractivity (Wildman–Crippen MR) is 0.686 cm³/mol. The van der Waals surface area contributed by atoms with Crippen molar-refractivity contribution < 1.29 is 70.5 Å². The zero-order valence-electron chi connectivity index (χ0n) is 1.82. The summed E-state index contributed by atoms with van der Waals surface area (Å²) in [5.74, 6) is 0. The van der Waals surface area contributed by atoms with Gasteiger partial charge in [0.2, 0.25) is 0 Å². The average Bonchev–Trinajstić information content (AvgIpc) is 1.00. The average molecular weight is 241 g/mol. The van der Waals surface area contributed by atoms with Gasteiger partial charge in [0.1, 0.15) is 0 Å². The summed E-state index contributed by atoms with van der Waals surface area (Å²) in [5, 5.41) is 0. The van der Waals surface area contributed by atoms with E-state index in [1.54, 1.807) is 0 Å². The van der Waals surface area contributed by atoms with Crippen LogP contribution in [0, 0.1) is 0 Å². The first-order valence-electron chi connectivity index (χ1n) is 0.136. The van der Waals surface area contributed by atoms with Crippen molar-refractivity contribution in [2.45, 2.75) is 0 Å². The van der Waals surface area contributed by atoms with Gasteiger partial charge in [-0.05, 0) is 0 Å². The Balaban J connectivity index is -0.00000000167. The van der Waals surface area contributed by atoms with Gasteiger partial charge < -0.3 is 0 Å². The second kappa shape index (κ2) is 40.2. The molecule has 0 aliphatic carbocycles. The van der Waals surface area contributed by atoms with Gasteiger partial charge >= 0.3 is 19.5 Å². The molecule has 0 aliphatic rings. The Morgan fingerprint density at radius 1 is 1.20 bits per heavy atom. The van der Waals surface area contributed by atoms with Crippen LogP contribution in [0.4, 0.5) is 0 Å². The van der Waals surface area contributed by atoms with E-state index < -0.39 is 0 Å². The predicted octanol–water partition coefficient (Wildman–Crippen LogP) is -0.129. The van der Waals surface area contributed by atoms with E-state index in [0.717, 1.165) is 0 Å². The molecular formula is CoCrFeNiO. The van der Waals surface area contributed by atoms with E-state index in [-0.39, 0.29) is 50.9 Å². The SMILES string of the molecule is [Cr].[Fe].[Ni].[O]=[Co]. The summed E-state index contributed by atoms with van der Waals surface area (Å²) in [6.45, 7) is 0. The molecule has 0 amide bonds. The summed E-state index contributed by atoms with van der Waals surface area (Å²) < 4.78 is 7.94. The van der Waals surface area contributed by atoms with Crippen LogP contribution in [-0.4, -0.2) is 0 Å². The van der Waals surface area contributed by atoms with Crippen LogP contribution in [0.5, 0.6) is 0 Å². The first-order valence-corrected chi connectivity index (χ1v) is 0.561. The topological polar surface area (TPSA) is 17.1 Å². The van der Waals surface area contributed by atoms with E-state index >= 15 is 0 Å². The van der Waals surface area contributed by atoms with E-state index in [1.165, 1.54) is 0 Å². The van der Waals surface area contributed by atoms with Crippen LogP contribution >= 0.6 is 0 Å². The van der Waals surface area contributed by atoms with Gasteiger partial charge in [-0.2, -0.15) is 0 Å². The van der Waals surface area contributed by atoms with Gasteiger partial charge in [-0.15, -0.1) is 0 Å². The van der Waals surface area contributed by atoms with E-state index in [0.29, 0.717) is 0 Å². The monoisotopic (exact) mass is 241 g/mol. The summed E-state index contributed by atoms with van der Waals surface area (Å²) in [7, 11) is 0. The molecule has 0 saturated heterocycles. The van der Waals surface area contributed by atoms with Crippen molar-refractivity contribution in [2.75, 3.05) is 0 Å². The van der Waals surface area contributed by atoms with Gasteiger partial charge in [0, 0.05) is 50.9 Å². The minimum atomic E-state index is 0. The fraction of sp³-hybridized carbons (Fsp3) is 0. The molecule has 0 atom stereocenters. The quantitative estimate of drug-likeness (QED) is 0.540. The summed E-state index contributed by atoms with van der Waals surface area (Å²) in [5.41, 5.74) is 0. The van der Waals surface area contributed by atoms with Gasteiger partial charge in [0.15, 0.2) is 0 Å². The van der Waals surface area contributed by atoms with Crippen LogP contribution in [-0.2, 0) is 70.5 Å². The summed E-state index contributed by atoms with van der Waals surface area (Å²) in [4.78, 5) is 0. The molecular weight excluding hydrogens is 241 g/mol. The van der Waals surface area contributed by atoms with Crippen LogP contribution in [0.25, 0.3) is 0 Å². The molecule has 0 N–H and O–H groups in total. The second-order valence-electron chi connectivity index (χ2n) is 0. The normalized spacial score (nSPS) is 1.00.